The fourth-order valence-corrected chi connectivity index (χ4v) is 2.71. The lowest BCUT2D eigenvalue weighted by Gasteiger charge is -2.18. The van der Waals surface area contributed by atoms with Crippen molar-refractivity contribution in [2.24, 2.45) is 17.6 Å². The average molecular weight is 279 g/mol. The van der Waals surface area contributed by atoms with Crippen LogP contribution >= 0.6 is 0 Å². The Labute approximate surface area is 120 Å². The van der Waals surface area contributed by atoms with Crippen molar-refractivity contribution in [3.8, 4) is 0 Å². The van der Waals surface area contributed by atoms with E-state index in [1.165, 1.54) is 6.26 Å². The second kappa shape index (κ2) is 6.90. The molecule has 0 bridgehead atoms. The summed E-state index contributed by atoms with van der Waals surface area (Å²) in [5, 5.41) is 2.99. The minimum Gasteiger partial charge on any atom is -0.467 e. The van der Waals surface area contributed by atoms with Crippen molar-refractivity contribution >= 4 is 5.91 Å². The first-order valence-corrected chi connectivity index (χ1v) is 7.36. The summed E-state index contributed by atoms with van der Waals surface area (Å²) in [6.45, 7) is 8.90. The van der Waals surface area contributed by atoms with Crippen molar-refractivity contribution in [1.29, 1.82) is 0 Å². The van der Waals surface area contributed by atoms with E-state index in [9.17, 15) is 4.79 Å². The first-order valence-electron chi connectivity index (χ1n) is 7.36. The third-order valence-electron chi connectivity index (χ3n) is 3.66. The molecule has 1 saturated heterocycles. The summed E-state index contributed by atoms with van der Waals surface area (Å²) in [7, 11) is 0. The summed E-state index contributed by atoms with van der Waals surface area (Å²) in [5.74, 6) is 1.82. The number of hydrogen-bond acceptors (Lipinski definition) is 4. The number of amides is 1. The van der Waals surface area contributed by atoms with E-state index < -0.39 is 0 Å². The van der Waals surface area contributed by atoms with Gasteiger partial charge in [0.1, 0.15) is 12.0 Å². The monoisotopic (exact) mass is 279 g/mol. The molecule has 1 amide bonds. The first-order chi connectivity index (χ1) is 9.58. The van der Waals surface area contributed by atoms with Crippen LogP contribution in [0, 0.1) is 11.8 Å². The number of carbonyl (C=O) groups is 1. The highest BCUT2D eigenvalue weighted by molar-refractivity contribution is 5.93. The van der Waals surface area contributed by atoms with E-state index in [1.807, 2.05) is 0 Å². The van der Waals surface area contributed by atoms with Crippen LogP contribution in [-0.4, -0.2) is 37.0 Å². The van der Waals surface area contributed by atoms with Gasteiger partial charge < -0.3 is 20.4 Å². The Morgan fingerprint density at radius 1 is 1.60 bits per heavy atom. The van der Waals surface area contributed by atoms with Gasteiger partial charge in [0.05, 0.1) is 12.1 Å². The predicted molar refractivity (Wildman–Crippen MR) is 78.3 cm³/mol. The maximum atomic E-state index is 12.0. The van der Waals surface area contributed by atoms with Crippen molar-refractivity contribution in [2.75, 3.05) is 26.2 Å². The fraction of sp³-hybridized carbons (Fsp3) is 0.667. The number of nitrogens with two attached hydrogens (primary N) is 1. The number of hydrogen-bond donors (Lipinski definition) is 2. The van der Waals surface area contributed by atoms with E-state index in [4.69, 9.17) is 10.2 Å². The molecule has 0 saturated carbocycles. The number of rotatable bonds is 6. The fourth-order valence-electron chi connectivity index (χ4n) is 2.71. The summed E-state index contributed by atoms with van der Waals surface area (Å²) >= 11 is 0. The minimum absolute atomic E-state index is 0.0734. The Kier molecular flexibility index (Phi) is 5.20. The summed E-state index contributed by atoms with van der Waals surface area (Å²) in [5.41, 5.74) is 6.02. The molecular formula is C15H25N3O2. The minimum atomic E-state index is -0.0734. The molecule has 0 aromatic carbocycles. The van der Waals surface area contributed by atoms with Crippen molar-refractivity contribution in [3.63, 3.8) is 0 Å². The molecule has 1 aromatic rings. The van der Waals surface area contributed by atoms with Gasteiger partial charge in [-0.15, -0.1) is 0 Å². The number of nitrogens with zero attached hydrogens (tertiary/aromatic N) is 1. The van der Waals surface area contributed by atoms with Crippen LogP contribution in [0.25, 0.3) is 0 Å². The van der Waals surface area contributed by atoms with Gasteiger partial charge in [-0.25, -0.2) is 0 Å². The van der Waals surface area contributed by atoms with Gasteiger partial charge in [-0.1, -0.05) is 13.8 Å². The number of furan rings is 1. The van der Waals surface area contributed by atoms with Crippen LogP contribution in [0.5, 0.6) is 0 Å². The molecule has 1 aromatic heterocycles. The summed E-state index contributed by atoms with van der Waals surface area (Å²) in [6.07, 6.45) is 2.63. The van der Waals surface area contributed by atoms with Crippen LogP contribution in [-0.2, 0) is 6.54 Å². The molecule has 0 aliphatic carbocycles. The SMILES string of the molecule is CC(C)CN1CCC(CNC(=O)c2coc(CN)c2)C1. The van der Waals surface area contributed by atoms with Crippen molar-refractivity contribution in [2.45, 2.75) is 26.8 Å². The lowest BCUT2D eigenvalue weighted by atomic mass is 10.1. The maximum Gasteiger partial charge on any atom is 0.254 e. The van der Waals surface area contributed by atoms with Gasteiger partial charge in [-0.05, 0) is 30.9 Å². The molecule has 1 fully saturated rings. The average Bonchev–Trinajstić information content (AvgIpc) is 3.04. The van der Waals surface area contributed by atoms with Gasteiger partial charge in [0, 0.05) is 19.6 Å². The summed E-state index contributed by atoms with van der Waals surface area (Å²) in [4.78, 5) is 14.4. The molecule has 1 atom stereocenters. The van der Waals surface area contributed by atoms with Crippen LogP contribution in [0.4, 0.5) is 0 Å². The Hall–Kier alpha value is -1.33. The molecule has 112 valence electrons. The lowest BCUT2D eigenvalue weighted by molar-refractivity contribution is 0.0946. The van der Waals surface area contributed by atoms with Gasteiger partial charge in [0.25, 0.3) is 5.91 Å². The zero-order valence-electron chi connectivity index (χ0n) is 12.4. The largest absolute Gasteiger partial charge is 0.467 e. The molecule has 1 aliphatic rings. The highest BCUT2D eigenvalue weighted by Gasteiger charge is 2.23. The maximum absolute atomic E-state index is 12.0. The second-order valence-corrected chi connectivity index (χ2v) is 6.02. The zero-order valence-corrected chi connectivity index (χ0v) is 12.4. The topological polar surface area (TPSA) is 71.5 Å². The molecule has 5 heteroatoms. The van der Waals surface area contributed by atoms with Gasteiger partial charge >= 0.3 is 0 Å². The molecule has 2 rings (SSSR count). The summed E-state index contributed by atoms with van der Waals surface area (Å²) < 4.78 is 5.17. The number of nitrogens with one attached hydrogen (secondary N) is 1. The predicted octanol–water partition coefficient (Wildman–Crippen LogP) is 1.45. The molecular weight excluding hydrogens is 254 g/mol. The van der Waals surface area contributed by atoms with E-state index in [0.717, 1.165) is 32.6 Å². The number of likely N-dealkylation sites (tertiary alicyclic amines) is 1. The first kappa shape index (κ1) is 15.1. The third kappa shape index (κ3) is 4.08. The van der Waals surface area contributed by atoms with Crippen LogP contribution < -0.4 is 11.1 Å². The van der Waals surface area contributed by atoms with Crippen LogP contribution in [0.1, 0.15) is 36.4 Å². The molecule has 2 heterocycles. The van der Waals surface area contributed by atoms with E-state index in [2.05, 4.69) is 24.1 Å². The molecule has 3 N–H and O–H groups in total. The quantitative estimate of drug-likeness (QED) is 0.826. The molecule has 5 nitrogen and oxygen atoms in total. The Morgan fingerprint density at radius 3 is 3.05 bits per heavy atom. The molecule has 0 spiro atoms. The number of carbonyl (C=O) groups excluding carboxylic acids is 1. The van der Waals surface area contributed by atoms with Gasteiger partial charge in [-0.2, -0.15) is 0 Å². The van der Waals surface area contributed by atoms with E-state index in [-0.39, 0.29) is 5.91 Å². The van der Waals surface area contributed by atoms with E-state index >= 15 is 0 Å². The van der Waals surface area contributed by atoms with Crippen molar-refractivity contribution in [3.05, 3.63) is 23.7 Å². The lowest BCUT2D eigenvalue weighted by Crippen LogP contribution is -2.31. The van der Waals surface area contributed by atoms with Crippen molar-refractivity contribution in [1.82, 2.24) is 10.2 Å². The van der Waals surface area contributed by atoms with Crippen LogP contribution in [0.2, 0.25) is 0 Å². The molecule has 0 radical (unpaired) electrons. The summed E-state index contributed by atoms with van der Waals surface area (Å²) in [6, 6.07) is 1.70. The van der Waals surface area contributed by atoms with Crippen molar-refractivity contribution < 1.29 is 9.21 Å². The van der Waals surface area contributed by atoms with E-state index in [0.29, 0.717) is 29.7 Å². The molecule has 1 unspecified atom stereocenters. The van der Waals surface area contributed by atoms with Gasteiger partial charge in [0.2, 0.25) is 0 Å². The highest BCUT2D eigenvalue weighted by Crippen LogP contribution is 2.17. The van der Waals surface area contributed by atoms with Gasteiger partial charge in [0.15, 0.2) is 0 Å². The smallest absolute Gasteiger partial charge is 0.254 e. The Bertz CT molecular complexity index is 442. The second-order valence-electron chi connectivity index (χ2n) is 6.02. The van der Waals surface area contributed by atoms with Crippen LogP contribution in [0.15, 0.2) is 16.7 Å². The normalized spacial score (nSPS) is 19.7. The molecule has 20 heavy (non-hydrogen) atoms. The Morgan fingerprint density at radius 2 is 2.40 bits per heavy atom. The highest BCUT2D eigenvalue weighted by atomic mass is 16.3. The molecule has 1 aliphatic heterocycles. The standard InChI is InChI=1S/C15H25N3O2/c1-11(2)8-18-4-3-12(9-18)7-17-15(19)13-5-14(6-16)20-10-13/h5,10-12H,3-4,6-9,16H2,1-2H3,(H,17,19). The Balaban J connectivity index is 1.74. The zero-order chi connectivity index (χ0) is 14.5. The van der Waals surface area contributed by atoms with Crippen LogP contribution in [0.3, 0.4) is 0 Å². The van der Waals surface area contributed by atoms with Gasteiger partial charge in [-0.3, -0.25) is 4.79 Å². The van der Waals surface area contributed by atoms with E-state index in [1.54, 1.807) is 6.07 Å². The third-order valence-corrected chi connectivity index (χ3v) is 3.66.